The summed E-state index contributed by atoms with van der Waals surface area (Å²) in [5.74, 6) is -0.103. The number of carbonyl (C=O) groups is 1. The Labute approximate surface area is 200 Å². The zero-order valence-corrected chi connectivity index (χ0v) is 20.3. The summed E-state index contributed by atoms with van der Waals surface area (Å²) in [5, 5.41) is 7.08. The average Bonchev–Trinajstić information content (AvgIpc) is 3.36. The molecule has 1 aromatic heterocycles. The van der Waals surface area contributed by atoms with Gasteiger partial charge in [0, 0.05) is 37.1 Å². The number of benzene rings is 2. The number of piperidine rings is 1. The van der Waals surface area contributed by atoms with Gasteiger partial charge in [-0.25, -0.2) is 8.42 Å². The minimum Gasteiger partial charge on any atom is -0.495 e. The van der Waals surface area contributed by atoms with E-state index in [1.165, 1.54) is 17.5 Å². The molecule has 1 aliphatic rings. The molecule has 1 saturated heterocycles. The lowest BCUT2D eigenvalue weighted by atomic mass is 10.1. The van der Waals surface area contributed by atoms with Crippen LogP contribution in [0.2, 0.25) is 0 Å². The summed E-state index contributed by atoms with van der Waals surface area (Å²) in [6.45, 7) is 3.40. The molecule has 0 radical (unpaired) electrons. The molecule has 3 aromatic rings. The topological polar surface area (TPSA) is 93.5 Å². The number of hydrogen-bond acceptors (Lipinski definition) is 5. The molecule has 0 aliphatic carbocycles. The van der Waals surface area contributed by atoms with Gasteiger partial charge in [0.15, 0.2) is 0 Å². The van der Waals surface area contributed by atoms with Gasteiger partial charge in [0.05, 0.1) is 13.7 Å². The van der Waals surface area contributed by atoms with Gasteiger partial charge in [0.1, 0.15) is 10.6 Å². The molecule has 1 amide bonds. The van der Waals surface area contributed by atoms with Crippen LogP contribution >= 0.6 is 0 Å². The van der Waals surface area contributed by atoms with Crippen molar-refractivity contribution in [2.45, 2.75) is 50.2 Å². The molecule has 1 aliphatic heterocycles. The number of carbonyl (C=O) groups excluding carboxylic acids is 1. The zero-order chi connectivity index (χ0) is 24.1. The maximum atomic E-state index is 13.4. The lowest BCUT2D eigenvalue weighted by Crippen LogP contribution is -2.42. The highest BCUT2D eigenvalue weighted by molar-refractivity contribution is 7.89. The van der Waals surface area contributed by atoms with Gasteiger partial charge in [-0.2, -0.15) is 9.40 Å². The molecule has 1 atom stereocenters. The van der Waals surface area contributed by atoms with E-state index in [9.17, 15) is 13.2 Å². The number of rotatable bonds is 8. The Balaban J connectivity index is 1.46. The Morgan fingerprint density at radius 3 is 2.59 bits per heavy atom. The van der Waals surface area contributed by atoms with Gasteiger partial charge >= 0.3 is 0 Å². The molecule has 9 heteroatoms. The monoisotopic (exact) mass is 482 g/mol. The van der Waals surface area contributed by atoms with Crippen LogP contribution in [0.3, 0.4) is 0 Å². The summed E-state index contributed by atoms with van der Waals surface area (Å²) in [6, 6.07) is 14.3. The Bertz CT molecular complexity index is 1220. The quantitative estimate of drug-likeness (QED) is 0.531. The molecule has 2 heterocycles. The number of methoxy groups -OCH3 is 1. The molecule has 34 heavy (non-hydrogen) atoms. The third-order valence-electron chi connectivity index (χ3n) is 6.13. The van der Waals surface area contributed by atoms with E-state index in [4.69, 9.17) is 4.74 Å². The first-order chi connectivity index (χ1) is 16.4. The Hall–Kier alpha value is -3.17. The predicted octanol–water partition coefficient (Wildman–Crippen LogP) is 3.43. The molecule has 1 fully saturated rings. The minimum atomic E-state index is -3.78. The molecule has 180 valence electrons. The van der Waals surface area contributed by atoms with Crippen molar-refractivity contribution >= 4 is 15.9 Å². The molecule has 1 unspecified atom stereocenters. The minimum absolute atomic E-state index is 0.0272. The van der Waals surface area contributed by atoms with E-state index < -0.39 is 10.0 Å². The molecule has 0 saturated carbocycles. The fourth-order valence-electron chi connectivity index (χ4n) is 4.20. The van der Waals surface area contributed by atoms with E-state index in [-0.39, 0.29) is 28.2 Å². The Morgan fingerprint density at radius 2 is 1.91 bits per heavy atom. The highest BCUT2D eigenvalue weighted by Crippen LogP contribution is 2.31. The number of aromatic nitrogens is 2. The molecule has 0 bridgehead atoms. The van der Waals surface area contributed by atoms with Gasteiger partial charge in [-0.3, -0.25) is 9.48 Å². The van der Waals surface area contributed by atoms with Crippen LogP contribution in [0.5, 0.6) is 5.75 Å². The molecular weight excluding hydrogens is 452 g/mol. The standard InChI is InChI=1S/C25H30N4O4S/c1-19-6-3-4-15-29(19)34(31,32)24-16-22(11-12-23(24)33-2)25(30)26-17-20-7-9-21(10-8-20)18-28-14-5-13-27-28/h5,7-14,16,19H,3-4,6,15,17-18H2,1-2H3,(H,26,30). The van der Waals surface area contributed by atoms with E-state index in [0.29, 0.717) is 19.6 Å². The molecule has 4 rings (SSSR count). The third kappa shape index (κ3) is 5.31. The van der Waals surface area contributed by atoms with Gasteiger partial charge in [0.25, 0.3) is 5.91 Å². The van der Waals surface area contributed by atoms with Crippen LogP contribution in [-0.2, 0) is 23.1 Å². The van der Waals surface area contributed by atoms with Crippen molar-refractivity contribution in [3.05, 3.63) is 77.6 Å². The van der Waals surface area contributed by atoms with E-state index in [2.05, 4.69) is 10.4 Å². The normalized spacial score (nSPS) is 16.8. The van der Waals surface area contributed by atoms with Gasteiger partial charge in [-0.15, -0.1) is 0 Å². The maximum Gasteiger partial charge on any atom is 0.251 e. The van der Waals surface area contributed by atoms with Crippen LogP contribution in [0.1, 0.15) is 47.7 Å². The highest BCUT2D eigenvalue weighted by atomic mass is 32.2. The number of ether oxygens (including phenoxy) is 1. The summed E-state index contributed by atoms with van der Waals surface area (Å²) < 4.78 is 35.5. The van der Waals surface area contributed by atoms with Crippen molar-refractivity contribution in [1.82, 2.24) is 19.4 Å². The molecule has 8 nitrogen and oxygen atoms in total. The first-order valence-electron chi connectivity index (χ1n) is 11.4. The lowest BCUT2D eigenvalue weighted by Gasteiger charge is -2.32. The van der Waals surface area contributed by atoms with Crippen molar-refractivity contribution in [3.8, 4) is 5.75 Å². The van der Waals surface area contributed by atoms with Crippen molar-refractivity contribution in [1.29, 1.82) is 0 Å². The second-order valence-corrected chi connectivity index (χ2v) is 10.4. The largest absolute Gasteiger partial charge is 0.495 e. The van der Waals surface area contributed by atoms with Gasteiger partial charge in [-0.1, -0.05) is 30.7 Å². The SMILES string of the molecule is COc1ccc(C(=O)NCc2ccc(Cn3cccn3)cc2)cc1S(=O)(=O)N1CCCCC1C. The molecule has 1 N–H and O–H groups in total. The number of nitrogens with zero attached hydrogens (tertiary/aromatic N) is 3. The van der Waals surface area contributed by atoms with Crippen molar-refractivity contribution in [2.75, 3.05) is 13.7 Å². The Kier molecular flexibility index (Phi) is 7.33. The third-order valence-corrected chi connectivity index (χ3v) is 8.17. The van der Waals surface area contributed by atoms with Gasteiger partial charge < -0.3 is 10.1 Å². The smallest absolute Gasteiger partial charge is 0.251 e. The van der Waals surface area contributed by atoms with Crippen molar-refractivity contribution in [3.63, 3.8) is 0 Å². The van der Waals surface area contributed by atoms with Crippen molar-refractivity contribution < 1.29 is 17.9 Å². The van der Waals surface area contributed by atoms with Crippen LogP contribution in [0, 0.1) is 0 Å². The van der Waals surface area contributed by atoms with Gasteiger partial charge in [-0.05, 0) is 55.2 Å². The molecule has 2 aromatic carbocycles. The second kappa shape index (κ2) is 10.4. The van der Waals surface area contributed by atoms with Crippen LogP contribution in [0.4, 0.5) is 0 Å². The highest BCUT2D eigenvalue weighted by Gasteiger charge is 2.33. The first-order valence-corrected chi connectivity index (χ1v) is 12.9. The van der Waals surface area contributed by atoms with Crippen LogP contribution in [0.15, 0.2) is 65.8 Å². The summed E-state index contributed by atoms with van der Waals surface area (Å²) in [4.78, 5) is 12.9. The van der Waals surface area contributed by atoms with E-state index in [1.54, 1.807) is 18.3 Å². The second-order valence-electron chi connectivity index (χ2n) is 8.53. The zero-order valence-electron chi connectivity index (χ0n) is 19.5. The first kappa shape index (κ1) is 24.0. The molecular formula is C25H30N4O4S. The lowest BCUT2D eigenvalue weighted by molar-refractivity contribution is 0.0950. The maximum absolute atomic E-state index is 13.4. The van der Waals surface area contributed by atoms with Crippen LogP contribution in [0.25, 0.3) is 0 Å². The van der Waals surface area contributed by atoms with Crippen LogP contribution in [-0.4, -0.2) is 48.1 Å². The van der Waals surface area contributed by atoms with E-state index in [0.717, 1.165) is 30.4 Å². The van der Waals surface area contributed by atoms with Crippen LogP contribution < -0.4 is 10.1 Å². The summed E-state index contributed by atoms with van der Waals surface area (Å²) in [7, 11) is -2.35. The number of hydrogen-bond donors (Lipinski definition) is 1. The number of amides is 1. The number of sulfonamides is 1. The summed E-state index contributed by atoms with van der Waals surface area (Å²) >= 11 is 0. The summed E-state index contributed by atoms with van der Waals surface area (Å²) in [6.07, 6.45) is 6.31. The summed E-state index contributed by atoms with van der Waals surface area (Å²) in [5.41, 5.74) is 2.33. The fourth-order valence-corrected chi connectivity index (χ4v) is 6.09. The van der Waals surface area contributed by atoms with E-state index in [1.807, 2.05) is 48.1 Å². The van der Waals surface area contributed by atoms with Gasteiger partial charge in [0.2, 0.25) is 10.0 Å². The number of nitrogens with one attached hydrogen (secondary N) is 1. The fraction of sp³-hybridized carbons (Fsp3) is 0.360. The van der Waals surface area contributed by atoms with Crippen molar-refractivity contribution in [2.24, 2.45) is 0 Å². The Morgan fingerprint density at radius 1 is 1.15 bits per heavy atom. The van der Waals surface area contributed by atoms with E-state index >= 15 is 0 Å². The predicted molar refractivity (Wildman–Crippen MR) is 129 cm³/mol. The average molecular weight is 483 g/mol. The molecule has 0 spiro atoms.